The van der Waals surface area contributed by atoms with Gasteiger partial charge in [-0.25, -0.2) is 9.13 Å². The molecule has 0 aliphatic rings. The van der Waals surface area contributed by atoms with Crippen LogP contribution in [0.4, 0.5) is 0 Å². The molecule has 5 unspecified atom stereocenters. The summed E-state index contributed by atoms with van der Waals surface area (Å²) < 4.78 is 52.7. The van der Waals surface area contributed by atoms with Crippen molar-refractivity contribution in [3.8, 4) is 0 Å². The zero-order chi connectivity index (χ0) is 48.8. The van der Waals surface area contributed by atoms with E-state index in [1.165, 1.54) is 0 Å². The minimum Gasteiger partial charge on any atom is -0.463 e. The number of aliphatic hydroxyl groups excluding tert-OH is 3. The third-order valence-corrected chi connectivity index (χ3v) is 10.1. The standard InChI is InChI=1S/C49H76O15P2/c1-3-5-7-9-11-13-15-17-18-19-20-21-22-23-24-26-28-30-32-34-36-38-49(54)60-40-46(51)42-62-66(57,58)64-44-47(52)43-63-65(55,56)61-41-45(50)39-59-48(53)37-35-33-31-29-27-25-16-14-12-10-8-6-4-2/h5-8,10-14,16-18,20-21,23-25,27-28,30,34,36,45-47,50-52H,3-4,9,15,19,22,26,29,31-33,35,37-44H2,1-2H3,(H,55,56)(H,57,58)/b7-5-,8-6+,12-10+,13-11-,16-14-,18-17-,21-20-,24-23-,27-25-,30-28-,36-34-. The van der Waals surface area contributed by atoms with E-state index in [1.54, 1.807) is 12.2 Å². The van der Waals surface area contributed by atoms with Crippen molar-refractivity contribution in [3.63, 3.8) is 0 Å². The van der Waals surface area contributed by atoms with Crippen molar-refractivity contribution in [1.29, 1.82) is 0 Å². The quantitative estimate of drug-likeness (QED) is 0.0126. The number of aliphatic hydroxyl groups is 3. The molecule has 0 fully saturated rings. The van der Waals surface area contributed by atoms with E-state index in [2.05, 4.69) is 98.8 Å². The number of hydrogen-bond acceptors (Lipinski definition) is 13. The van der Waals surface area contributed by atoms with Gasteiger partial charge in [-0.05, 0) is 70.6 Å². The van der Waals surface area contributed by atoms with Crippen LogP contribution in [0.5, 0.6) is 0 Å². The largest absolute Gasteiger partial charge is 0.472 e. The number of phosphoric acid groups is 2. The van der Waals surface area contributed by atoms with Gasteiger partial charge in [0.25, 0.3) is 0 Å². The maximum atomic E-state index is 12.1. The number of carbonyl (C=O) groups excluding carboxylic acids is 2. The van der Waals surface area contributed by atoms with Gasteiger partial charge in [0, 0.05) is 6.42 Å². The molecule has 5 atom stereocenters. The highest BCUT2D eigenvalue weighted by Crippen LogP contribution is 2.45. The summed E-state index contributed by atoms with van der Waals surface area (Å²) in [6, 6.07) is 0. The van der Waals surface area contributed by atoms with Crippen molar-refractivity contribution in [1.82, 2.24) is 0 Å². The zero-order valence-electron chi connectivity index (χ0n) is 38.8. The number of hydrogen-bond donors (Lipinski definition) is 5. The lowest BCUT2D eigenvalue weighted by Crippen LogP contribution is -2.25. The van der Waals surface area contributed by atoms with Gasteiger partial charge in [0.05, 0.1) is 32.8 Å². The highest BCUT2D eigenvalue weighted by Gasteiger charge is 2.28. The molecule has 0 aromatic rings. The summed E-state index contributed by atoms with van der Waals surface area (Å²) in [6.07, 6.45) is 50.5. The number of allylic oxidation sites excluding steroid dienone is 21. The van der Waals surface area contributed by atoms with Crippen LogP contribution in [-0.4, -0.2) is 95.0 Å². The van der Waals surface area contributed by atoms with Crippen LogP contribution in [0.15, 0.2) is 134 Å². The van der Waals surface area contributed by atoms with E-state index >= 15 is 0 Å². The number of unbranched alkanes of at least 4 members (excludes halogenated alkanes) is 3. The van der Waals surface area contributed by atoms with Gasteiger partial charge in [0.2, 0.25) is 0 Å². The fraction of sp³-hybridized carbons (Fsp3) is 0.510. The van der Waals surface area contributed by atoms with E-state index < -0.39 is 85.5 Å². The monoisotopic (exact) mass is 966 g/mol. The molecule has 0 aliphatic carbocycles. The Hall–Kier alpha value is -3.82. The third kappa shape index (κ3) is 45.3. The summed E-state index contributed by atoms with van der Waals surface area (Å²) in [7, 11) is -9.63. The van der Waals surface area contributed by atoms with Crippen LogP contribution in [0.1, 0.15) is 104 Å². The molecule has 0 aromatic carbocycles. The van der Waals surface area contributed by atoms with Gasteiger partial charge in [-0.15, -0.1) is 0 Å². The molecule has 0 bridgehead atoms. The first-order valence-corrected chi connectivity index (χ1v) is 25.6. The van der Waals surface area contributed by atoms with Crippen molar-refractivity contribution in [2.75, 3.05) is 39.6 Å². The maximum absolute atomic E-state index is 12.1. The lowest BCUT2D eigenvalue weighted by Gasteiger charge is -2.19. The second kappa shape index (κ2) is 43.7. The van der Waals surface area contributed by atoms with E-state index in [0.717, 1.165) is 64.2 Å². The fourth-order valence-corrected chi connectivity index (χ4v) is 6.37. The molecule has 0 amide bonds. The Morgan fingerprint density at radius 1 is 0.424 bits per heavy atom. The second-order valence-corrected chi connectivity index (χ2v) is 17.3. The average Bonchev–Trinajstić information content (AvgIpc) is 3.29. The maximum Gasteiger partial charge on any atom is 0.472 e. The molecular formula is C49H76O15P2. The minimum atomic E-state index is -4.82. The van der Waals surface area contributed by atoms with Gasteiger partial charge in [-0.1, -0.05) is 154 Å². The summed E-state index contributed by atoms with van der Waals surface area (Å²) in [6.45, 7) is -0.0654. The molecule has 0 rings (SSSR count). The molecule has 5 N–H and O–H groups in total. The van der Waals surface area contributed by atoms with Crippen molar-refractivity contribution in [3.05, 3.63) is 134 Å². The molecule has 0 heterocycles. The van der Waals surface area contributed by atoms with Gasteiger partial charge in [0.1, 0.15) is 31.5 Å². The smallest absolute Gasteiger partial charge is 0.463 e. The SMILES string of the molecule is CC/C=C\C/C=C\C/C=C\C/C=C\C/C=C\C/C=C\C/C=C\CC(=O)OCC(O)COP(=O)(O)OCC(O)COP(=O)(O)OCC(O)COC(=O)CCCCC\C=C/C=C\C=C\C=C\CC. The molecule has 0 aliphatic heterocycles. The predicted octanol–water partition coefficient (Wildman–Crippen LogP) is 10.0. The molecule has 17 heteroatoms. The first-order valence-electron chi connectivity index (χ1n) is 22.6. The van der Waals surface area contributed by atoms with Gasteiger partial charge < -0.3 is 34.6 Å². The zero-order valence-corrected chi connectivity index (χ0v) is 40.6. The lowest BCUT2D eigenvalue weighted by molar-refractivity contribution is -0.147. The Morgan fingerprint density at radius 3 is 1.20 bits per heavy atom. The van der Waals surface area contributed by atoms with Crippen LogP contribution in [-0.2, 0) is 46.3 Å². The summed E-state index contributed by atoms with van der Waals surface area (Å²) in [4.78, 5) is 43.6. The van der Waals surface area contributed by atoms with Gasteiger partial charge in [0.15, 0.2) is 0 Å². The Kier molecular flexibility index (Phi) is 41.2. The van der Waals surface area contributed by atoms with Gasteiger partial charge in [-0.3, -0.25) is 27.7 Å². The minimum absolute atomic E-state index is 0.0472. The van der Waals surface area contributed by atoms with E-state index in [4.69, 9.17) is 9.47 Å². The highest BCUT2D eigenvalue weighted by molar-refractivity contribution is 7.47. The molecule has 0 saturated heterocycles. The van der Waals surface area contributed by atoms with Crippen molar-refractivity contribution < 1.29 is 71.4 Å². The summed E-state index contributed by atoms with van der Waals surface area (Å²) >= 11 is 0. The van der Waals surface area contributed by atoms with Crippen LogP contribution >= 0.6 is 15.6 Å². The molecule has 15 nitrogen and oxygen atoms in total. The summed E-state index contributed by atoms with van der Waals surface area (Å²) in [5.41, 5.74) is 0. The third-order valence-electron chi connectivity index (χ3n) is 8.23. The van der Waals surface area contributed by atoms with Crippen LogP contribution < -0.4 is 0 Å². The molecule has 0 saturated carbocycles. The molecular weight excluding hydrogens is 890 g/mol. The Bertz CT molecular complexity index is 1690. The molecule has 0 spiro atoms. The first kappa shape index (κ1) is 62.2. The van der Waals surface area contributed by atoms with Crippen LogP contribution in [0.25, 0.3) is 0 Å². The number of phosphoric ester groups is 2. The van der Waals surface area contributed by atoms with Gasteiger partial charge in [-0.2, -0.15) is 0 Å². The molecule has 0 aromatic heterocycles. The van der Waals surface area contributed by atoms with E-state index in [0.29, 0.717) is 12.8 Å². The normalized spacial score (nSPS) is 16.3. The topological polar surface area (TPSA) is 225 Å². The Labute approximate surface area is 393 Å². The first-order chi connectivity index (χ1) is 31.8. The van der Waals surface area contributed by atoms with Crippen LogP contribution in [0.2, 0.25) is 0 Å². The Balaban J connectivity index is 4.06. The fourth-order valence-electron chi connectivity index (χ4n) is 4.78. The van der Waals surface area contributed by atoms with Crippen molar-refractivity contribution in [2.45, 2.75) is 122 Å². The number of esters is 2. The Morgan fingerprint density at radius 2 is 0.773 bits per heavy atom. The lowest BCUT2D eigenvalue weighted by atomic mass is 10.1. The summed E-state index contributed by atoms with van der Waals surface area (Å²) in [5, 5.41) is 29.9. The molecule has 0 radical (unpaired) electrons. The van der Waals surface area contributed by atoms with E-state index in [1.807, 2.05) is 54.7 Å². The number of carbonyl (C=O) groups is 2. The van der Waals surface area contributed by atoms with Crippen molar-refractivity contribution in [2.24, 2.45) is 0 Å². The predicted molar refractivity (Wildman–Crippen MR) is 260 cm³/mol. The average molecular weight is 967 g/mol. The second-order valence-electron chi connectivity index (χ2n) is 14.4. The molecule has 372 valence electrons. The van der Waals surface area contributed by atoms with Gasteiger partial charge >= 0.3 is 27.6 Å². The number of rotatable bonds is 41. The van der Waals surface area contributed by atoms with Crippen molar-refractivity contribution >= 4 is 27.6 Å². The number of ether oxygens (including phenoxy) is 2. The van der Waals surface area contributed by atoms with E-state index in [9.17, 15) is 43.8 Å². The summed E-state index contributed by atoms with van der Waals surface area (Å²) in [5.74, 6) is -1.17. The van der Waals surface area contributed by atoms with Crippen LogP contribution in [0.3, 0.4) is 0 Å². The van der Waals surface area contributed by atoms with Crippen LogP contribution in [0, 0.1) is 0 Å². The highest BCUT2D eigenvalue weighted by atomic mass is 31.2. The van der Waals surface area contributed by atoms with E-state index in [-0.39, 0.29) is 12.8 Å². The molecule has 66 heavy (non-hydrogen) atoms.